The SMILES string of the molecule is O=C(Cn1c(=O)cnc2ccccc21)c1ccc(Cl)cc1. The standard InChI is InChI=1S/C16H11ClN2O2/c17-12-7-5-11(6-8-12)15(20)10-19-14-4-2-1-3-13(14)18-9-16(19)21/h1-9H,10H2. The highest BCUT2D eigenvalue weighted by atomic mass is 35.5. The van der Waals surface area contributed by atoms with Crippen molar-refractivity contribution >= 4 is 28.4 Å². The van der Waals surface area contributed by atoms with E-state index in [-0.39, 0.29) is 17.9 Å². The zero-order valence-corrected chi connectivity index (χ0v) is 11.7. The smallest absolute Gasteiger partial charge is 0.269 e. The minimum absolute atomic E-state index is 0.0243. The summed E-state index contributed by atoms with van der Waals surface area (Å²) in [6, 6.07) is 13.8. The van der Waals surface area contributed by atoms with Crippen LogP contribution in [-0.4, -0.2) is 15.3 Å². The third-order valence-electron chi connectivity index (χ3n) is 3.22. The van der Waals surface area contributed by atoms with Gasteiger partial charge in [-0.05, 0) is 36.4 Å². The minimum atomic E-state index is -0.295. The molecule has 0 aliphatic heterocycles. The van der Waals surface area contributed by atoms with Gasteiger partial charge in [-0.1, -0.05) is 23.7 Å². The van der Waals surface area contributed by atoms with E-state index in [1.807, 2.05) is 12.1 Å². The summed E-state index contributed by atoms with van der Waals surface area (Å²) >= 11 is 5.81. The van der Waals surface area contributed by atoms with Crippen LogP contribution in [0.5, 0.6) is 0 Å². The molecule has 0 N–H and O–H groups in total. The second-order valence-corrected chi connectivity index (χ2v) is 5.04. The molecule has 3 rings (SSSR count). The fraction of sp³-hybridized carbons (Fsp3) is 0.0625. The van der Waals surface area contributed by atoms with Crippen LogP contribution in [0, 0.1) is 0 Å². The molecule has 1 heterocycles. The quantitative estimate of drug-likeness (QED) is 0.699. The molecule has 0 radical (unpaired) electrons. The molecule has 5 heteroatoms. The summed E-state index contributed by atoms with van der Waals surface area (Å²) < 4.78 is 1.43. The lowest BCUT2D eigenvalue weighted by Crippen LogP contribution is -2.24. The van der Waals surface area contributed by atoms with Gasteiger partial charge in [-0.15, -0.1) is 0 Å². The summed E-state index contributed by atoms with van der Waals surface area (Å²) in [5, 5.41) is 0.568. The maximum absolute atomic E-state index is 12.3. The van der Waals surface area contributed by atoms with Crippen molar-refractivity contribution in [3.63, 3.8) is 0 Å². The number of hydrogen-bond donors (Lipinski definition) is 0. The molecule has 0 fully saturated rings. The molecule has 0 saturated carbocycles. The van der Waals surface area contributed by atoms with Gasteiger partial charge in [-0.25, -0.2) is 4.98 Å². The Morgan fingerprint density at radius 3 is 2.57 bits per heavy atom. The summed E-state index contributed by atoms with van der Waals surface area (Å²) in [5.74, 6) is -0.148. The van der Waals surface area contributed by atoms with E-state index in [4.69, 9.17) is 11.6 Å². The van der Waals surface area contributed by atoms with E-state index in [1.54, 1.807) is 36.4 Å². The first kappa shape index (κ1) is 13.5. The largest absolute Gasteiger partial charge is 0.298 e. The van der Waals surface area contributed by atoms with Gasteiger partial charge >= 0.3 is 0 Å². The molecule has 3 aromatic rings. The molecule has 21 heavy (non-hydrogen) atoms. The molecule has 0 amide bonds. The molecular weight excluding hydrogens is 288 g/mol. The van der Waals surface area contributed by atoms with E-state index in [1.165, 1.54) is 10.8 Å². The van der Waals surface area contributed by atoms with Gasteiger partial charge in [-0.3, -0.25) is 14.2 Å². The number of benzene rings is 2. The lowest BCUT2D eigenvalue weighted by Gasteiger charge is -2.08. The normalized spacial score (nSPS) is 10.7. The van der Waals surface area contributed by atoms with Crippen LogP contribution in [0.3, 0.4) is 0 Å². The highest BCUT2D eigenvalue weighted by Gasteiger charge is 2.10. The van der Waals surface area contributed by atoms with Crippen molar-refractivity contribution in [2.45, 2.75) is 6.54 Å². The van der Waals surface area contributed by atoms with Crippen LogP contribution in [0.1, 0.15) is 10.4 Å². The van der Waals surface area contributed by atoms with E-state index in [2.05, 4.69) is 4.98 Å². The summed E-state index contributed by atoms with van der Waals surface area (Å²) in [4.78, 5) is 28.4. The summed E-state index contributed by atoms with van der Waals surface area (Å²) in [5.41, 5.74) is 1.55. The maximum atomic E-state index is 12.3. The fourth-order valence-corrected chi connectivity index (χ4v) is 2.27. The van der Waals surface area contributed by atoms with E-state index in [9.17, 15) is 9.59 Å². The second-order valence-electron chi connectivity index (χ2n) is 4.60. The van der Waals surface area contributed by atoms with Gasteiger partial charge < -0.3 is 0 Å². The highest BCUT2D eigenvalue weighted by molar-refractivity contribution is 6.30. The summed E-state index contributed by atoms with van der Waals surface area (Å²) in [6.45, 7) is -0.0243. The number of halogens is 1. The van der Waals surface area contributed by atoms with Crippen LogP contribution in [0.2, 0.25) is 5.02 Å². The number of Topliss-reactive ketones (excluding diaryl/α,β-unsaturated/α-hetero) is 1. The number of aromatic nitrogens is 2. The Balaban J connectivity index is 2.01. The lowest BCUT2D eigenvalue weighted by molar-refractivity contribution is 0.0972. The number of para-hydroxylation sites is 2. The van der Waals surface area contributed by atoms with Crippen LogP contribution in [-0.2, 0) is 6.54 Å². The third-order valence-corrected chi connectivity index (χ3v) is 3.47. The number of hydrogen-bond acceptors (Lipinski definition) is 3. The van der Waals surface area contributed by atoms with E-state index in [0.717, 1.165) is 0 Å². The number of rotatable bonds is 3. The highest BCUT2D eigenvalue weighted by Crippen LogP contribution is 2.12. The maximum Gasteiger partial charge on any atom is 0.269 e. The van der Waals surface area contributed by atoms with E-state index in [0.29, 0.717) is 21.6 Å². The van der Waals surface area contributed by atoms with Gasteiger partial charge in [0.25, 0.3) is 5.56 Å². The zero-order valence-electron chi connectivity index (χ0n) is 11.0. The molecule has 0 unspecified atom stereocenters. The monoisotopic (exact) mass is 298 g/mol. The summed E-state index contributed by atoms with van der Waals surface area (Å²) in [7, 11) is 0. The molecule has 2 aromatic carbocycles. The lowest BCUT2D eigenvalue weighted by atomic mass is 10.1. The Labute approximate surface area is 125 Å². The molecule has 0 saturated heterocycles. The third kappa shape index (κ3) is 2.71. The van der Waals surface area contributed by atoms with Crippen molar-refractivity contribution in [2.24, 2.45) is 0 Å². The fourth-order valence-electron chi connectivity index (χ4n) is 2.15. The summed E-state index contributed by atoms with van der Waals surface area (Å²) in [6.07, 6.45) is 1.23. The average Bonchev–Trinajstić information content (AvgIpc) is 2.51. The number of ketones is 1. The van der Waals surface area contributed by atoms with Crippen molar-refractivity contribution in [2.75, 3.05) is 0 Å². The Bertz CT molecular complexity index is 869. The van der Waals surface area contributed by atoms with E-state index < -0.39 is 0 Å². The van der Waals surface area contributed by atoms with Crippen molar-refractivity contribution in [3.05, 3.63) is 75.7 Å². The Kier molecular flexibility index (Phi) is 3.54. The Morgan fingerprint density at radius 1 is 1.10 bits per heavy atom. The van der Waals surface area contributed by atoms with Crippen LogP contribution in [0.25, 0.3) is 11.0 Å². The minimum Gasteiger partial charge on any atom is -0.298 e. The van der Waals surface area contributed by atoms with Crippen LogP contribution in [0.4, 0.5) is 0 Å². The molecule has 1 aromatic heterocycles. The van der Waals surface area contributed by atoms with Gasteiger partial charge in [0, 0.05) is 10.6 Å². The first-order valence-corrected chi connectivity index (χ1v) is 6.76. The van der Waals surface area contributed by atoms with Crippen molar-refractivity contribution in [3.8, 4) is 0 Å². The molecule has 0 bridgehead atoms. The number of carbonyl (C=O) groups is 1. The number of nitrogens with zero attached hydrogens (tertiary/aromatic N) is 2. The van der Waals surface area contributed by atoms with Gasteiger partial charge in [0.2, 0.25) is 0 Å². The van der Waals surface area contributed by atoms with Crippen LogP contribution >= 0.6 is 11.6 Å². The predicted octanol–water partition coefficient (Wildman–Crippen LogP) is 2.93. The second kappa shape index (κ2) is 5.50. The van der Waals surface area contributed by atoms with Gasteiger partial charge in [0.15, 0.2) is 5.78 Å². The van der Waals surface area contributed by atoms with Crippen LogP contribution < -0.4 is 5.56 Å². The molecule has 0 aliphatic carbocycles. The van der Waals surface area contributed by atoms with Crippen LogP contribution in [0.15, 0.2) is 59.5 Å². The average molecular weight is 299 g/mol. The van der Waals surface area contributed by atoms with Crippen molar-refractivity contribution in [1.82, 2.24) is 9.55 Å². The number of fused-ring (bicyclic) bond motifs is 1. The van der Waals surface area contributed by atoms with Gasteiger partial charge in [-0.2, -0.15) is 0 Å². The molecule has 4 nitrogen and oxygen atoms in total. The van der Waals surface area contributed by atoms with Crippen molar-refractivity contribution < 1.29 is 4.79 Å². The number of carbonyl (C=O) groups excluding carboxylic acids is 1. The molecular formula is C16H11ClN2O2. The first-order valence-electron chi connectivity index (χ1n) is 6.38. The van der Waals surface area contributed by atoms with Gasteiger partial charge in [0.05, 0.1) is 23.8 Å². The Hall–Kier alpha value is -2.46. The molecule has 104 valence electrons. The van der Waals surface area contributed by atoms with Gasteiger partial charge in [0.1, 0.15) is 0 Å². The van der Waals surface area contributed by atoms with E-state index >= 15 is 0 Å². The zero-order chi connectivity index (χ0) is 14.8. The molecule has 0 spiro atoms. The van der Waals surface area contributed by atoms with Crippen molar-refractivity contribution in [1.29, 1.82) is 0 Å². The predicted molar refractivity (Wildman–Crippen MR) is 81.8 cm³/mol. The Morgan fingerprint density at radius 2 is 1.81 bits per heavy atom. The topological polar surface area (TPSA) is 52.0 Å². The molecule has 0 atom stereocenters. The first-order chi connectivity index (χ1) is 10.1. The molecule has 0 aliphatic rings.